The second-order valence-corrected chi connectivity index (χ2v) is 7.34. The van der Waals surface area contributed by atoms with Gasteiger partial charge in [0.1, 0.15) is 11.5 Å². The minimum atomic E-state index is 0.0614. The van der Waals surface area contributed by atoms with Crippen molar-refractivity contribution in [1.29, 1.82) is 0 Å². The van der Waals surface area contributed by atoms with E-state index >= 15 is 0 Å². The fourth-order valence-electron chi connectivity index (χ4n) is 3.92. The van der Waals surface area contributed by atoms with Crippen molar-refractivity contribution in [2.24, 2.45) is 0 Å². The predicted molar refractivity (Wildman–Crippen MR) is 121 cm³/mol. The van der Waals surface area contributed by atoms with Gasteiger partial charge in [0.15, 0.2) is 17.2 Å². The number of carbonyl (C=O) groups excluding carboxylic acids is 1. The van der Waals surface area contributed by atoms with E-state index in [1.54, 1.807) is 22.7 Å². The molecule has 1 amide bonds. The van der Waals surface area contributed by atoms with Crippen LogP contribution in [0.3, 0.4) is 0 Å². The van der Waals surface area contributed by atoms with Crippen LogP contribution >= 0.6 is 0 Å². The highest BCUT2D eigenvalue weighted by molar-refractivity contribution is 5.95. The molecule has 0 aromatic carbocycles. The van der Waals surface area contributed by atoms with Crippen LogP contribution in [0.5, 0.6) is 5.75 Å². The van der Waals surface area contributed by atoms with Crippen LogP contribution in [0.1, 0.15) is 33.1 Å². The number of hydrogen-bond acceptors (Lipinski definition) is 7. The summed E-state index contributed by atoms with van der Waals surface area (Å²) in [4.78, 5) is 23.2. The van der Waals surface area contributed by atoms with E-state index in [9.17, 15) is 4.79 Å². The van der Waals surface area contributed by atoms with Crippen molar-refractivity contribution in [1.82, 2.24) is 24.9 Å². The number of hydrogen-bond donors (Lipinski definition) is 2. The quantitative estimate of drug-likeness (QED) is 0.651. The fourth-order valence-corrected chi connectivity index (χ4v) is 3.92. The van der Waals surface area contributed by atoms with E-state index in [1.807, 2.05) is 38.1 Å². The summed E-state index contributed by atoms with van der Waals surface area (Å²) in [6, 6.07) is 8.07. The number of pyridine rings is 1. The van der Waals surface area contributed by atoms with Crippen molar-refractivity contribution in [2.45, 2.75) is 39.2 Å². The highest BCUT2D eigenvalue weighted by atomic mass is 16.5. The minimum Gasteiger partial charge on any atom is -0.493 e. The second kappa shape index (κ2) is 9.30. The van der Waals surface area contributed by atoms with Crippen LogP contribution in [-0.2, 0) is 4.79 Å². The zero-order chi connectivity index (χ0) is 21.8. The number of nitrogens with one attached hydrogen (secondary N) is 2. The number of methoxy groups -OCH3 is 1. The van der Waals surface area contributed by atoms with Gasteiger partial charge in [0.25, 0.3) is 0 Å². The van der Waals surface area contributed by atoms with Gasteiger partial charge >= 0.3 is 0 Å². The summed E-state index contributed by atoms with van der Waals surface area (Å²) in [5, 5.41) is 11.5. The van der Waals surface area contributed by atoms with Gasteiger partial charge in [0, 0.05) is 31.6 Å². The monoisotopic (exact) mass is 423 g/mol. The van der Waals surface area contributed by atoms with Gasteiger partial charge in [0.2, 0.25) is 5.91 Å². The number of amides is 1. The Morgan fingerprint density at radius 3 is 2.87 bits per heavy atom. The molecule has 164 valence electrons. The van der Waals surface area contributed by atoms with E-state index in [1.165, 1.54) is 0 Å². The van der Waals surface area contributed by atoms with Crippen LogP contribution in [0.25, 0.3) is 17.0 Å². The first-order valence-electron chi connectivity index (χ1n) is 10.9. The van der Waals surface area contributed by atoms with E-state index in [0.29, 0.717) is 36.2 Å². The minimum absolute atomic E-state index is 0.0614. The SMILES string of the molecule is CC.COc1cc2ncc(-c3cccc(NC4CCNC4)n3)n2nc1N1CCCC1=O. The molecule has 9 nitrogen and oxygen atoms in total. The van der Waals surface area contributed by atoms with Gasteiger partial charge < -0.3 is 15.4 Å². The lowest BCUT2D eigenvalue weighted by Gasteiger charge is -2.18. The molecular formula is C22H29N7O2. The Bertz CT molecular complexity index is 1060. The topological polar surface area (TPSA) is 96.7 Å². The highest BCUT2D eigenvalue weighted by Crippen LogP contribution is 2.31. The molecule has 2 fully saturated rings. The molecule has 2 aliphatic heterocycles. The number of aromatic nitrogens is 4. The summed E-state index contributed by atoms with van der Waals surface area (Å²) in [6.45, 7) is 6.61. The average Bonchev–Trinajstić information content (AvgIpc) is 3.55. The molecule has 3 aromatic heterocycles. The molecule has 1 atom stereocenters. The summed E-state index contributed by atoms with van der Waals surface area (Å²) in [5.41, 5.74) is 2.18. The lowest BCUT2D eigenvalue weighted by Crippen LogP contribution is -2.26. The second-order valence-electron chi connectivity index (χ2n) is 7.34. The molecule has 2 N–H and O–H groups in total. The molecule has 0 aliphatic carbocycles. The summed E-state index contributed by atoms with van der Waals surface area (Å²) < 4.78 is 7.21. The number of imidazole rings is 1. The summed E-state index contributed by atoms with van der Waals surface area (Å²) in [5.74, 6) is 1.95. The Labute approximate surface area is 181 Å². The first-order chi connectivity index (χ1) is 15.2. The van der Waals surface area contributed by atoms with E-state index in [4.69, 9.17) is 14.8 Å². The number of nitrogens with zero attached hydrogens (tertiary/aromatic N) is 5. The lowest BCUT2D eigenvalue weighted by molar-refractivity contribution is -0.117. The van der Waals surface area contributed by atoms with Gasteiger partial charge in [0.05, 0.1) is 19.0 Å². The van der Waals surface area contributed by atoms with Crippen LogP contribution in [0.15, 0.2) is 30.5 Å². The van der Waals surface area contributed by atoms with E-state index in [0.717, 1.165) is 43.1 Å². The predicted octanol–water partition coefficient (Wildman–Crippen LogP) is 2.73. The molecule has 5 rings (SSSR count). The van der Waals surface area contributed by atoms with Gasteiger partial charge in [-0.25, -0.2) is 14.5 Å². The molecule has 0 bridgehead atoms. The van der Waals surface area contributed by atoms with Crippen molar-refractivity contribution in [2.75, 3.05) is 37.0 Å². The normalized spacial score (nSPS) is 18.2. The molecule has 0 radical (unpaired) electrons. The van der Waals surface area contributed by atoms with Crippen molar-refractivity contribution in [3.63, 3.8) is 0 Å². The average molecular weight is 424 g/mol. The van der Waals surface area contributed by atoms with Gasteiger partial charge in [-0.3, -0.25) is 9.69 Å². The zero-order valence-corrected chi connectivity index (χ0v) is 18.3. The summed E-state index contributed by atoms with van der Waals surface area (Å²) in [6.07, 6.45) is 4.19. The van der Waals surface area contributed by atoms with E-state index in [2.05, 4.69) is 15.6 Å². The van der Waals surface area contributed by atoms with E-state index in [-0.39, 0.29) is 5.91 Å². The Balaban J connectivity index is 0.00000112. The van der Waals surface area contributed by atoms with Crippen LogP contribution in [0.2, 0.25) is 0 Å². The number of rotatable bonds is 5. The van der Waals surface area contributed by atoms with Crippen LogP contribution < -0.4 is 20.3 Å². The molecule has 0 spiro atoms. The molecule has 31 heavy (non-hydrogen) atoms. The number of anilines is 2. The van der Waals surface area contributed by atoms with Crippen LogP contribution in [0.4, 0.5) is 11.6 Å². The van der Waals surface area contributed by atoms with Crippen LogP contribution in [-0.4, -0.2) is 58.3 Å². The number of carbonyl (C=O) groups is 1. The fraction of sp³-hybridized carbons (Fsp3) is 0.455. The van der Waals surface area contributed by atoms with Gasteiger partial charge in [-0.15, -0.1) is 5.10 Å². The lowest BCUT2D eigenvalue weighted by atomic mass is 10.2. The van der Waals surface area contributed by atoms with Gasteiger partial charge in [-0.1, -0.05) is 19.9 Å². The van der Waals surface area contributed by atoms with Crippen LogP contribution in [0, 0.1) is 0 Å². The Morgan fingerprint density at radius 1 is 1.29 bits per heavy atom. The smallest absolute Gasteiger partial charge is 0.228 e. The Morgan fingerprint density at radius 2 is 2.16 bits per heavy atom. The molecule has 2 aliphatic rings. The van der Waals surface area contributed by atoms with Crippen molar-refractivity contribution >= 4 is 23.2 Å². The number of ether oxygens (including phenoxy) is 1. The maximum atomic E-state index is 12.3. The largest absolute Gasteiger partial charge is 0.493 e. The molecule has 9 heteroatoms. The third-order valence-electron chi connectivity index (χ3n) is 5.41. The third-order valence-corrected chi connectivity index (χ3v) is 5.41. The third kappa shape index (κ3) is 4.18. The molecule has 3 aromatic rings. The van der Waals surface area contributed by atoms with Crippen molar-refractivity contribution < 1.29 is 9.53 Å². The molecule has 5 heterocycles. The maximum absolute atomic E-state index is 12.3. The molecule has 0 saturated carbocycles. The Hall–Kier alpha value is -3.20. The molecular weight excluding hydrogens is 394 g/mol. The standard InChI is InChI=1S/C20H23N7O2.C2H6/c1-29-16-10-18-22-12-15(27(18)25-20(16)26-9-3-6-19(26)28)14-4-2-5-17(24-14)23-13-7-8-21-11-13;1-2/h2,4-5,10,12-13,21H,3,6-9,11H2,1H3,(H,23,24);1-2H3. The van der Waals surface area contributed by atoms with Gasteiger partial charge in [-0.05, 0) is 31.5 Å². The maximum Gasteiger partial charge on any atom is 0.228 e. The summed E-state index contributed by atoms with van der Waals surface area (Å²) >= 11 is 0. The van der Waals surface area contributed by atoms with E-state index < -0.39 is 0 Å². The Kier molecular flexibility index (Phi) is 6.31. The van der Waals surface area contributed by atoms with Crippen molar-refractivity contribution in [3.05, 3.63) is 30.5 Å². The first kappa shape index (κ1) is 21.0. The highest BCUT2D eigenvalue weighted by Gasteiger charge is 2.27. The summed E-state index contributed by atoms with van der Waals surface area (Å²) in [7, 11) is 1.58. The first-order valence-corrected chi connectivity index (χ1v) is 10.9. The van der Waals surface area contributed by atoms with Crippen molar-refractivity contribution in [3.8, 4) is 17.1 Å². The zero-order valence-electron chi connectivity index (χ0n) is 18.3. The molecule has 1 unspecified atom stereocenters. The van der Waals surface area contributed by atoms with Gasteiger partial charge in [-0.2, -0.15) is 0 Å². The molecule has 2 saturated heterocycles. The number of fused-ring (bicyclic) bond motifs is 1.